The van der Waals surface area contributed by atoms with Crippen molar-refractivity contribution in [1.29, 1.82) is 0 Å². The van der Waals surface area contributed by atoms with E-state index < -0.39 is 11.4 Å². The lowest BCUT2D eigenvalue weighted by Crippen LogP contribution is -2.28. The van der Waals surface area contributed by atoms with Gasteiger partial charge in [-0.25, -0.2) is 0 Å². The fourth-order valence-corrected chi connectivity index (χ4v) is 0.856. The predicted octanol–water partition coefficient (Wildman–Crippen LogP) is 1.44. The third-order valence-corrected chi connectivity index (χ3v) is 1.92. The molecule has 64 valence electrons. The van der Waals surface area contributed by atoms with E-state index in [2.05, 4.69) is 4.98 Å². The van der Waals surface area contributed by atoms with E-state index in [1.807, 2.05) is 0 Å². The molecule has 1 rings (SSSR count). The van der Waals surface area contributed by atoms with Crippen molar-refractivity contribution < 1.29 is 9.90 Å². The molecule has 0 amide bonds. The fraction of sp³-hybridized carbons (Fsp3) is 0.333. The van der Waals surface area contributed by atoms with Crippen LogP contribution in [0.1, 0.15) is 19.4 Å². The molecule has 0 saturated carbocycles. The third kappa shape index (κ3) is 1.44. The van der Waals surface area contributed by atoms with Crippen LogP contribution in [0.2, 0.25) is 0 Å². The monoisotopic (exact) mass is 165 g/mol. The highest BCUT2D eigenvalue weighted by atomic mass is 16.4. The lowest BCUT2D eigenvalue weighted by molar-refractivity contribution is -0.142. The molecule has 1 N–H and O–H groups in total. The topological polar surface area (TPSA) is 50.2 Å². The number of carboxylic acid groups (broad SMARTS) is 1. The highest BCUT2D eigenvalue weighted by Gasteiger charge is 2.29. The highest BCUT2D eigenvalue weighted by molar-refractivity contribution is 5.80. The van der Waals surface area contributed by atoms with Crippen LogP contribution >= 0.6 is 0 Å². The normalized spacial score (nSPS) is 11.2. The van der Waals surface area contributed by atoms with Crippen molar-refractivity contribution in [3.63, 3.8) is 0 Å². The number of carbonyl (C=O) groups is 1. The van der Waals surface area contributed by atoms with Gasteiger partial charge in [0, 0.05) is 12.4 Å². The summed E-state index contributed by atoms with van der Waals surface area (Å²) in [4.78, 5) is 14.7. The Balaban J connectivity index is 3.06. The van der Waals surface area contributed by atoms with Crippen molar-refractivity contribution in [1.82, 2.24) is 4.98 Å². The zero-order chi connectivity index (χ0) is 9.19. The maximum absolute atomic E-state index is 10.8. The van der Waals surface area contributed by atoms with E-state index in [1.54, 1.807) is 38.4 Å². The molecule has 0 radical (unpaired) electrons. The standard InChI is InChI=1S/C9H11NO2/c1-9(2,8(11)12)7-4-3-5-10-6-7/h3-6H,1-2H3,(H,11,12). The maximum Gasteiger partial charge on any atom is 0.313 e. The van der Waals surface area contributed by atoms with Crippen LogP contribution in [0.25, 0.3) is 0 Å². The molecule has 0 aliphatic carbocycles. The van der Waals surface area contributed by atoms with E-state index in [1.165, 1.54) is 0 Å². The van der Waals surface area contributed by atoms with Crippen molar-refractivity contribution in [3.05, 3.63) is 30.1 Å². The number of hydrogen-bond acceptors (Lipinski definition) is 2. The molecule has 1 aromatic heterocycles. The molecule has 0 aliphatic heterocycles. The van der Waals surface area contributed by atoms with E-state index in [4.69, 9.17) is 5.11 Å². The zero-order valence-corrected chi connectivity index (χ0v) is 7.11. The summed E-state index contributed by atoms with van der Waals surface area (Å²) in [7, 11) is 0. The number of nitrogens with zero attached hydrogens (tertiary/aromatic N) is 1. The first kappa shape index (κ1) is 8.71. The molecule has 0 aliphatic rings. The third-order valence-electron chi connectivity index (χ3n) is 1.92. The Hall–Kier alpha value is -1.38. The van der Waals surface area contributed by atoms with E-state index in [0.717, 1.165) is 5.56 Å². The molecule has 1 heterocycles. The van der Waals surface area contributed by atoms with Crippen LogP contribution in [0, 0.1) is 0 Å². The van der Waals surface area contributed by atoms with E-state index in [-0.39, 0.29) is 0 Å². The molecule has 3 heteroatoms. The van der Waals surface area contributed by atoms with Crippen molar-refractivity contribution >= 4 is 5.97 Å². The van der Waals surface area contributed by atoms with Gasteiger partial charge < -0.3 is 5.11 Å². The van der Waals surface area contributed by atoms with Crippen molar-refractivity contribution in [2.75, 3.05) is 0 Å². The van der Waals surface area contributed by atoms with E-state index in [9.17, 15) is 4.79 Å². The van der Waals surface area contributed by atoms with Crippen molar-refractivity contribution in [2.24, 2.45) is 0 Å². The summed E-state index contributed by atoms with van der Waals surface area (Å²) in [6.07, 6.45) is 3.20. The molecule has 0 bridgehead atoms. The number of carboxylic acids is 1. The Morgan fingerprint density at radius 3 is 2.67 bits per heavy atom. The largest absolute Gasteiger partial charge is 0.481 e. The number of rotatable bonds is 2. The quantitative estimate of drug-likeness (QED) is 0.721. The maximum atomic E-state index is 10.8. The molecule has 0 aromatic carbocycles. The molecular formula is C9H11NO2. The van der Waals surface area contributed by atoms with Gasteiger partial charge in [0.2, 0.25) is 0 Å². The van der Waals surface area contributed by atoms with E-state index >= 15 is 0 Å². The second kappa shape index (κ2) is 2.93. The number of pyridine rings is 1. The minimum Gasteiger partial charge on any atom is -0.481 e. The summed E-state index contributed by atoms with van der Waals surface area (Å²) < 4.78 is 0. The van der Waals surface area contributed by atoms with Gasteiger partial charge >= 0.3 is 5.97 Å². The first-order valence-corrected chi connectivity index (χ1v) is 3.69. The van der Waals surface area contributed by atoms with Gasteiger partial charge in [-0.05, 0) is 25.5 Å². The van der Waals surface area contributed by atoms with Gasteiger partial charge in [-0.2, -0.15) is 0 Å². The van der Waals surface area contributed by atoms with Gasteiger partial charge in [0.1, 0.15) is 0 Å². The predicted molar refractivity (Wildman–Crippen MR) is 44.9 cm³/mol. The van der Waals surface area contributed by atoms with Crippen molar-refractivity contribution in [2.45, 2.75) is 19.3 Å². The van der Waals surface area contributed by atoms with Gasteiger partial charge in [-0.1, -0.05) is 6.07 Å². The van der Waals surface area contributed by atoms with Gasteiger partial charge in [0.15, 0.2) is 0 Å². The minimum atomic E-state index is -0.853. The van der Waals surface area contributed by atoms with Crippen LogP contribution in [-0.4, -0.2) is 16.1 Å². The van der Waals surface area contributed by atoms with Crippen LogP contribution in [0.15, 0.2) is 24.5 Å². The second-order valence-corrected chi connectivity index (χ2v) is 3.17. The minimum absolute atomic E-state index is 0.720. The average Bonchev–Trinajstić information content (AvgIpc) is 2.06. The first-order chi connectivity index (χ1) is 5.55. The molecule has 0 unspecified atom stereocenters. The summed E-state index contributed by atoms with van der Waals surface area (Å²) in [6, 6.07) is 3.50. The zero-order valence-electron chi connectivity index (χ0n) is 7.11. The number of aliphatic carboxylic acids is 1. The van der Waals surface area contributed by atoms with Crippen LogP contribution < -0.4 is 0 Å². The number of aromatic nitrogens is 1. The molecule has 0 spiro atoms. The summed E-state index contributed by atoms with van der Waals surface area (Å²) in [5.41, 5.74) is -0.133. The van der Waals surface area contributed by atoms with Crippen LogP contribution in [0.4, 0.5) is 0 Å². The second-order valence-electron chi connectivity index (χ2n) is 3.17. The fourth-order valence-electron chi connectivity index (χ4n) is 0.856. The lowest BCUT2D eigenvalue weighted by Gasteiger charge is -2.18. The molecular weight excluding hydrogens is 154 g/mol. The Morgan fingerprint density at radius 2 is 2.25 bits per heavy atom. The van der Waals surface area contributed by atoms with Gasteiger partial charge in [0.05, 0.1) is 5.41 Å². The van der Waals surface area contributed by atoms with Crippen molar-refractivity contribution in [3.8, 4) is 0 Å². The lowest BCUT2D eigenvalue weighted by atomic mass is 9.86. The van der Waals surface area contributed by atoms with Crippen LogP contribution in [0.5, 0.6) is 0 Å². The number of hydrogen-bond donors (Lipinski definition) is 1. The smallest absolute Gasteiger partial charge is 0.313 e. The molecule has 3 nitrogen and oxygen atoms in total. The molecule has 12 heavy (non-hydrogen) atoms. The van der Waals surface area contributed by atoms with Crippen LogP contribution in [-0.2, 0) is 10.2 Å². The Labute approximate surface area is 71.1 Å². The molecule has 0 atom stereocenters. The van der Waals surface area contributed by atoms with Crippen LogP contribution in [0.3, 0.4) is 0 Å². The van der Waals surface area contributed by atoms with Gasteiger partial charge in [-0.15, -0.1) is 0 Å². The van der Waals surface area contributed by atoms with Gasteiger partial charge in [-0.3, -0.25) is 9.78 Å². The summed E-state index contributed by atoms with van der Waals surface area (Å²) in [5.74, 6) is -0.837. The average molecular weight is 165 g/mol. The Bertz CT molecular complexity index is 280. The summed E-state index contributed by atoms with van der Waals surface area (Å²) in [5, 5.41) is 8.87. The molecule has 0 fully saturated rings. The highest BCUT2D eigenvalue weighted by Crippen LogP contribution is 2.21. The first-order valence-electron chi connectivity index (χ1n) is 3.69. The summed E-state index contributed by atoms with van der Waals surface area (Å²) in [6.45, 7) is 3.32. The molecule has 1 aromatic rings. The summed E-state index contributed by atoms with van der Waals surface area (Å²) >= 11 is 0. The molecule has 0 saturated heterocycles. The SMILES string of the molecule is CC(C)(C(=O)O)c1cccnc1. The van der Waals surface area contributed by atoms with Gasteiger partial charge in [0.25, 0.3) is 0 Å². The Morgan fingerprint density at radius 1 is 1.58 bits per heavy atom. The Kier molecular flexibility index (Phi) is 2.13. The van der Waals surface area contributed by atoms with E-state index in [0.29, 0.717) is 0 Å².